The van der Waals surface area contributed by atoms with Crippen LogP contribution in [0.3, 0.4) is 0 Å². The Morgan fingerprint density at radius 3 is 2.67 bits per heavy atom. The Balaban J connectivity index is 1.90. The summed E-state index contributed by atoms with van der Waals surface area (Å²) in [6, 6.07) is 4.23. The molecule has 0 radical (unpaired) electrons. The smallest absolute Gasteiger partial charge is 0.319 e. The van der Waals surface area contributed by atoms with Crippen molar-refractivity contribution in [2.75, 3.05) is 5.32 Å². The number of anilines is 1. The lowest BCUT2D eigenvalue weighted by Crippen LogP contribution is -2.39. The first-order valence-electron chi connectivity index (χ1n) is 6.18. The predicted octanol–water partition coefficient (Wildman–Crippen LogP) is 4.04. The second-order valence-corrected chi connectivity index (χ2v) is 5.41. The molecular weight excluding hydrogens is 299 g/mol. The molecule has 0 atom stereocenters. The molecular formula is C13H16BrFN2O. The van der Waals surface area contributed by atoms with E-state index in [0.717, 1.165) is 12.8 Å². The van der Waals surface area contributed by atoms with Gasteiger partial charge in [-0.15, -0.1) is 0 Å². The van der Waals surface area contributed by atoms with Gasteiger partial charge in [-0.3, -0.25) is 0 Å². The number of carbonyl (C=O) groups is 1. The highest BCUT2D eigenvalue weighted by atomic mass is 79.9. The fraction of sp³-hybridized carbons (Fsp3) is 0.462. The summed E-state index contributed by atoms with van der Waals surface area (Å²) in [7, 11) is 0. The summed E-state index contributed by atoms with van der Waals surface area (Å²) in [5.74, 6) is -0.333. The van der Waals surface area contributed by atoms with Crippen LogP contribution in [0.4, 0.5) is 14.9 Å². The van der Waals surface area contributed by atoms with Crippen LogP contribution in [0, 0.1) is 5.82 Å². The van der Waals surface area contributed by atoms with Gasteiger partial charge in [0.1, 0.15) is 5.82 Å². The number of carbonyl (C=O) groups excluding carboxylic acids is 1. The van der Waals surface area contributed by atoms with Crippen molar-refractivity contribution in [2.45, 2.75) is 38.1 Å². The Hall–Kier alpha value is -1.10. The van der Waals surface area contributed by atoms with Gasteiger partial charge < -0.3 is 10.6 Å². The van der Waals surface area contributed by atoms with Gasteiger partial charge in [0.05, 0.1) is 5.69 Å². The van der Waals surface area contributed by atoms with Crippen LogP contribution in [0.25, 0.3) is 0 Å². The second kappa shape index (κ2) is 6.18. The van der Waals surface area contributed by atoms with E-state index in [1.54, 1.807) is 6.07 Å². The van der Waals surface area contributed by atoms with E-state index in [0.29, 0.717) is 10.2 Å². The van der Waals surface area contributed by atoms with E-state index in [2.05, 4.69) is 26.6 Å². The summed E-state index contributed by atoms with van der Waals surface area (Å²) in [5.41, 5.74) is 0.574. The van der Waals surface area contributed by atoms with Gasteiger partial charge in [0.15, 0.2) is 0 Å². The largest absolute Gasteiger partial charge is 0.335 e. The molecule has 0 saturated heterocycles. The number of hydrogen-bond donors (Lipinski definition) is 2. The number of urea groups is 1. The molecule has 1 saturated carbocycles. The van der Waals surface area contributed by atoms with Crippen molar-refractivity contribution < 1.29 is 9.18 Å². The molecule has 5 heteroatoms. The molecule has 0 aliphatic heterocycles. The predicted molar refractivity (Wildman–Crippen MR) is 73.1 cm³/mol. The van der Waals surface area contributed by atoms with Crippen LogP contribution in [0.1, 0.15) is 32.1 Å². The van der Waals surface area contributed by atoms with Crippen LogP contribution < -0.4 is 10.6 Å². The Morgan fingerprint density at radius 1 is 1.28 bits per heavy atom. The average molecular weight is 315 g/mol. The highest BCUT2D eigenvalue weighted by molar-refractivity contribution is 9.10. The number of rotatable bonds is 2. The van der Waals surface area contributed by atoms with Crippen LogP contribution >= 0.6 is 15.9 Å². The fourth-order valence-electron chi connectivity index (χ4n) is 2.18. The summed E-state index contributed by atoms with van der Waals surface area (Å²) >= 11 is 3.22. The molecule has 98 valence electrons. The Kier molecular flexibility index (Phi) is 4.58. The number of amides is 2. The zero-order valence-electron chi connectivity index (χ0n) is 10.0. The van der Waals surface area contributed by atoms with Gasteiger partial charge in [-0.1, -0.05) is 19.3 Å². The van der Waals surface area contributed by atoms with Crippen LogP contribution in [0.2, 0.25) is 0 Å². The van der Waals surface area contributed by atoms with E-state index < -0.39 is 0 Å². The minimum absolute atomic E-state index is 0.228. The highest BCUT2D eigenvalue weighted by Gasteiger charge is 2.16. The molecule has 1 aromatic carbocycles. The first-order chi connectivity index (χ1) is 8.65. The summed E-state index contributed by atoms with van der Waals surface area (Å²) in [5, 5.41) is 5.67. The molecule has 0 bridgehead atoms. The van der Waals surface area contributed by atoms with Crippen molar-refractivity contribution >= 4 is 27.6 Å². The lowest BCUT2D eigenvalue weighted by atomic mass is 9.96. The Labute approximate surface area is 114 Å². The van der Waals surface area contributed by atoms with Gasteiger partial charge in [-0.2, -0.15) is 0 Å². The third kappa shape index (κ3) is 3.70. The van der Waals surface area contributed by atoms with Gasteiger partial charge >= 0.3 is 6.03 Å². The monoisotopic (exact) mass is 314 g/mol. The SMILES string of the molecule is O=C(Nc1ccc(F)cc1Br)NC1CCCCC1. The van der Waals surface area contributed by atoms with E-state index in [4.69, 9.17) is 0 Å². The van der Waals surface area contributed by atoms with Crippen molar-refractivity contribution in [1.82, 2.24) is 5.32 Å². The number of benzene rings is 1. The minimum Gasteiger partial charge on any atom is -0.335 e. The molecule has 2 N–H and O–H groups in total. The normalized spacial score (nSPS) is 16.3. The number of nitrogens with one attached hydrogen (secondary N) is 2. The maximum Gasteiger partial charge on any atom is 0.319 e. The molecule has 0 unspecified atom stereocenters. The molecule has 0 aromatic heterocycles. The molecule has 3 nitrogen and oxygen atoms in total. The van der Waals surface area contributed by atoms with Crippen molar-refractivity contribution in [1.29, 1.82) is 0 Å². The van der Waals surface area contributed by atoms with Gasteiger partial charge in [-0.05, 0) is 47.0 Å². The van der Waals surface area contributed by atoms with Crippen LogP contribution in [0.5, 0.6) is 0 Å². The summed E-state index contributed by atoms with van der Waals surface area (Å²) < 4.78 is 13.4. The van der Waals surface area contributed by atoms with Crippen molar-refractivity contribution in [2.24, 2.45) is 0 Å². The van der Waals surface area contributed by atoms with Crippen molar-refractivity contribution in [3.05, 3.63) is 28.5 Å². The molecule has 2 amide bonds. The standard InChI is InChI=1S/C13H16BrFN2O/c14-11-8-9(15)6-7-12(11)17-13(18)16-10-4-2-1-3-5-10/h6-8,10H,1-5H2,(H2,16,17,18). The first-order valence-corrected chi connectivity index (χ1v) is 6.97. The second-order valence-electron chi connectivity index (χ2n) is 4.56. The van der Waals surface area contributed by atoms with Gasteiger partial charge in [0, 0.05) is 10.5 Å². The van der Waals surface area contributed by atoms with Gasteiger partial charge in [0.25, 0.3) is 0 Å². The third-order valence-electron chi connectivity index (χ3n) is 3.12. The van der Waals surface area contributed by atoms with E-state index in [1.807, 2.05) is 0 Å². The lowest BCUT2D eigenvalue weighted by Gasteiger charge is -2.23. The minimum atomic E-state index is -0.333. The molecule has 1 aromatic rings. The van der Waals surface area contributed by atoms with Crippen LogP contribution in [0.15, 0.2) is 22.7 Å². The van der Waals surface area contributed by atoms with E-state index in [-0.39, 0.29) is 17.9 Å². The molecule has 1 fully saturated rings. The molecule has 0 heterocycles. The van der Waals surface area contributed by atoms with E-state index in [9.17, 15) is 9.18 Å². The van der Waals surface area contributed by atoms with Crippen molar-refractivity contribution in [3.63, 3.8) is 0 Å². The zero-order chi connectivity index (χ0) is 13.0. The number of hydrogen-bond acceptors (Lipinski definition) is 1. The maximum absolute atomic E-state index is 12.9. The fourth-order valence-corrected chi connectivity index (χ4v) is 2.63. The molecule has 18 heavy (non-hydrogen) atoms. The summed E-state index contributed by atoms with van der Waals surface area (Å²) in [6.07, 6.45) is 5.68. The topological polar surface area (TPSA) is 41.1 Å². The average Bonchev–Trinajstić information content (AvgIpc) is 2.34. The van der Waals surface area contributed by atoms with E-state index >= 15 is 0 Å². The Morgan fingerprint density at radius 2 is 2.00 bits per heavy atom. The third-order valence-corrected chi connectivity index (χ3v) is 3.78. The highest BCUT2D eigenvalue weighted by Crippen LogP contribution is 2.23. The Bertz CT molecular complexity index is 433. The van der Waals surface area contributed by atoms with Gasteiger partial charge in [0.2, 0.25) is 0 Å². The van der Waals surface area contributed by atoms with E-state index in [1.165, 1.54) is 31.4 Å². The van der Waals surface area contributed by atoms with Crippen LogP contribution in [-0.2, 0) is 0 Å². The van der Waals surface area contributed by atoms with Crippen LogP contribution in [-0.4, -0.2) is 12.1 Å². The lowest BCUT2D eigenvalue weighted by molar-refractivity contribution is 0.244. The van der Waals surface area contributed by atoms with Crippen molar-refractivity contribution in [3.8, 4) is 0 Å². The number of halogens is 2. The summed E-state index contributed by atoms with van der Waals surface area (Å²) in [6.45, 7) is 0. The summed E-state index contributed by atoms with van der Waals surface area (Å²) in [4.78, 5) is 11.8. The molecule has 2 rings (SSSR count). The zero-order valence-corrected chi connectivity index (χ0v) is 11.6. The maximum atomic E-state index is 12.9. The molecule has 1 aliphatic carbocycles. The van der Waals surface area contributed by atoms with Gasteiger partial charge in [-0.25, -0.2) is 9.18 Å². The molecule has 0 spiro atoms. The first kappa shape index (κ1) is 13.3. The molecule has 1 aliphatic rings. The quantitative estimate of drug-likeness (QED) is 0.849.